The number of benzene rings is 1. The normalized spacial score (nSPS) is 10.4. The molecular weight excluding hydrogens is 222 g/mol. The van der Waals surface area contributed by atoms with Gasteiger partial charge in [0, 0.05) is 6.42 Å². The van der Waals surface area contributed by atoms with E-state index >= 15 is 0 Å². The van der Waals surface area contributed by atoms with Crippen molar-refractivity contribution in [2.75, 3.05) is 0 Å². The Hall–Kier alpha value is -2.17. The van der Waals surface area contributed by atoms with Gasteiger partial charge in [-0.1, -0.05) is 19.1 Å². The van der Waals surface area contributed by atoms with Gasteiger partial charge in [-0.3, -0.25) is 4.79 Å². The highest BCUT2D eigenvalue weighted by Gasteiger charge is 2.10. The van der Waals surface area contributed by atoms with Crippen molar-refractivity contribution in [1.82, 2.24) is 4.98 Å². The molecule has 2 aromatic rings. The van der Waals surface area contributed by atoms with Crippen molar-refractivity contribution in [3.05, 3.63) is 34.7 Å². The van der Waals surface area contributed by atoms with Crippen molar-refractivity contribution < 1.29 is 13.9 Å². The first-order chi connectivity index (χ1) is 8.20. The second kappa shape index (κ2) is 4.78. The number of carbonyl (C=O) groups excluding carboxylic acids is 1. The maximum absolute atomic E-state index is 11.5. The Labute approximate surface area is 97.0 Å². The van der Waals surface area contributed by atoms with Crippen LogP contribution in [0, 0.1) is 0 Å². The molecule has 0 aliphatic carbocycles. The number of hydrogen-bond acceptors (Lipinski definition) is 5. The summed E-state index contributed by atoms with van der Waals surface area (Å²) < 4.78 is 9.62. The van der Waals surface area contributed by atoms with Crippen LogP contribution in [0.15, 0.2) is 33.5 Å². The van der Waals surface area contributed by atoms with Crippen LogP contribution in [0.4, 0.5) is 0 Å². The molecule has 0 unspecified atom stereocenters. The van der Waals surface area contributed by atoms with E-state index in [2.05, 4.69) is 4.98 Å². The second-order valence-electron chi connectivity index (χ2n) is 3.51. The largest absolute Gasteiger partial charge is 0.404 e. The van der Waals surface area contributed by atoms with Crippen molar-refractivity contribution >= 4 is 16.9 Å². The van der Waals surface area contributed by atoms with Gasteiger partial charge in [0.1, 0.15) is 0 Å². The first-order valence-electron chi connectivity index (χ1n) is 5.31. The van der Waals surface area contributed by atoms with E-state index in [0.717, 1.165) is 0 Å². The molecular formula is C12H11NO4. The molecule has 0 N–H and O–H groups in total. The van der Waals surface area contributed by atoms with Crippen molar-refractivity contribution in [1.29, 1.82) is 0 Å². The van der Waals surface area contributed by atoms with Gasteiger partial charge in [-0.25, -0.2) is 4.79 Å². The first-order valence-corrected chi connectivity index (χ1v) is 5.31. The molecule has 0 radical (unpaired) electrons. The average molecular weight is 233 g/mol. The van der Waals surface area contributed by atoms with Crippen LogP contribution in [0.25, 0.3) is 10.9 Å². The molecule has 0 aliphatic rings. The molecule has 0 aliphatic heterocycles. The third-order valence-corrected chi connectivity index (χ3v) is 2.17. The first kappa shape index (κ1) is 11.3. The standard InChI is InChI=1S/C12H11NO4/c1-2-5-10(14)16-12-13-9-7-4-3-6-8(9)11(15)17-12/h3-4,6-7H,2,5H2,1H3. The number of rotatable bonds is 3. The summed E-state index contributed by atoms with van der Waals surface area (Å²) in [5, 5.41) is 0.364. The van der Waals surface area contributed by atoms with Crippen molar-refractivity contribution in [2.45, 2.75) is 19.8 Å². The maximum atomic E-state index is 11.5. The summed E-state index contributed by atoms with van der Waals surface area (Å²) in [4.78, 5) is 26.7. The Morgan fingerprint density at radius 1 is 1.41 bits per heavy atom. The maximum Gasteiger partial charge on any atom is 0.404 e. The fraction of sp³-hybridized carbons (Fsp3) is 0.250. The minimum Gasteiger partial charge on any atom is -0.377 e. The van der Waals surface area contributed by atoms with E-state index in [1.165, 1.54) is 0 Å². The third kappa shape index (κ3) is 2.50. The molecule has 1 aromatic carbocycles. The molecule has 1 aromatic heterocycles. The van der Waals surface area contributed by atoms with Gasteiger partial charge in [-0.2, -0.15) is 4.98 Å². The number of ether oxygens (including phenoxy) is 1. The summed E-state index contributed by atoms with van der Waals surface area (Å²) in [5.74, 6) is -0.460. The highest BCUT2D eigenvalue weighted by molar-refractivity contribution is 5.77. The van der Waals surface area contributed by atoms with Crippen molar-refractivity contribution in [3.8, 4) is 6.08 Å². The van der Waals surface area contributed by atoms with Crippen LogP contribution < -0.4 is 10.4 Å². The van der Waals surface area contributed by atoms with E-state index in [1.54, 1.807) is 24.3 Å². The van der Waals surface area contributed by atoms with E-state index in [1.807, 2.05) is 6.92 Å². The van der Waals surface area contributed by atoms with E-state index in [9.17, 15) is 9.59 Å². The van der Waals surface area contributed by atoms with E-state index in [-0.39, 0.29) is 12.5 Å². The van der Waals surface area contributed by atoms with Gasteiger partial charge in [0.2, 0.25) is 0 Å². The van der Waals surface area contributed by atoms with Gasteiger partial charge in [0.05, 0.1) is 10.9 Å². The van der Waals surface area contributed by atoms with Gasteiger partial charge in [-0.05, 0) is 18.6 Å². The third-order valence-electron chi connectivity index (χ3n) is 2.17. The zero-order valence-corrected chi connectivity index (χ0v) is 9.30. The van der Waals surface area contributed by atoms with E-state index in [4.69, 9.17) is 9.15 Å². The van der Waals surface area contributed by atoms with Crippen LogP contribution in [0.5, 0.6) is 6.08 Å². The van der Waals surface area contributed by atoms with Crippen molar-refractivity contribution in [3.63, 3.8) is 0 Å². The lowest BCUT2D eigenvalue weighted by atomic mass is 10.2. The van der Waals surface area contributed by atoms with E-state index in [0.29, 0.717) is 17.3 Å². The zero-order valence-electron chi connectivity index (χ0n) is 9.30. The Balaban J connectivity index is 2.37. The van der Waals surface area contributed by atoms with Gasteiger partial charge in [0.15, 0.2) is 0 Å². The average Bonchev–Trinajstić information content (AvgIpc) is 2.29. The summed E-state index contributed by atoms with van der Waals surface area (Å²) in [7, 11) is 0. The topological polar surface area (TPSA) is 69.4 Å². The van der Waals surface area contributed by atoms with Crippen molar-refractivity contribution in [2.24, 2.45) is 0 Å². The van der Waals surface area contributed by atoms with Gasteiger partial charge < -0.3 is 9.15 Å². The predicted molar refractivity (Wildman–Crippen MR) is 60.8 cm³/mol. The summed E-state index contributed by atoms with van der Waals surface area (Å²) in [6.45, 7) is 1.85. The molecule has 0 saturated carbocycles. The summed E-state index contributed by atoms with van der Waals surface area (Å²) in [6.07, 6.45) is 0.627. The molecule has 1 heterocycles. The quantitative estimate of drug-likeness (QED) is 0.757. The molecule has 17 heavy (non-hydrogen) atoms. The molecule has 0 fully saturated rings. The monoisotopic (exact) mass is 233 g/mol. The van der Waals surface area contributed by atoms with Gasteiger partial charge in [0.25, 0.3) is 0 Å². The predicted octanol–water partition coefficient (Wildman–Crippen LogP) is 1.89. The Morgan fingerprint density at radius 3 is 2.94 bits per heavy atom. The molecule has 5 nitrogen and oxygen atoms in total. The molecule has 0 atom stereocenters. The van der Waals surface area contributed by atoms with Crippen LogP contribution >= 0.6 is 0 Å². The minimum absolute atomic E-state index is 0.262. The number of fused-ring (bicyclic) bond motifs is 1. The lowest BCUT2D eigenvalue weighted by Gasteiger charge is -2.01. The fourth-order valence-corrected chi connectivity index (χ4v) is 1.40. The summed E-state index contributed by atoms with van der Waals surface area (Å²) in [5.41, 5.74) is -0.113. The minimum atomic E-state index is -0.560. The smallest absolute Gasteiger partial charge is 0.377 e. The highest BCUT2D eigenvalue weighted by Crippen LogP contribution is 2.12. The second-order valence-corrected chi connectivity index (χ2v) is 3.51. The Kier molecular flexibility index (Phi) is 3.18. The zero-order chi connectivity index (χ0) is 12.3. The number of nitrogens with zero attached hydrogens (tertiary/aromatic N) is 1. The van der Waals surface area contributed by atoms with Crippen LogP contribution in [0.2, 0.25) is 0 Å². The number of para-hydroxylation sites is 1. The fourth-order valence-electron chi connectivity index (χ4n) is 1.40. The molecule has 0 bridgehead atoms. The number of hydrogen-bond donors (Lipinski definition) is 0. The molecule has 0 amide bonds. The van der Waals surface area contributed by atoms with Crippen LogP contribution in [-0.4, -0.2) is 11.0 Å². The van der Waals surface area contributed by atoms with E-state index < -0.39 is 11.6 Å². The molecule has 0 spiro atoms. The summed E-state index contributed by atoms with van der Waals surface area (Å²) in [6, 6.07) is 6.71. The van der Waals surface area contributed by atoms with Gasteiger partial charge >= 0.3 is 17.7 Å². The molecule has 0 saturated heterocycles. The number of aromatic nitrogens is 1. The molecule has 5 heteroatoms. The SMILES string of the molecule is CCCC(=O)Oc1nc2ccccc2c(=O)o1. The number of carbonyl (C=O) groups is 1. The van der Waals surface area contributed by atoms with Gasteiger partial charge in [-0.15, -0.1) is 0 Å². The molecule has 2 rings (SSSR count). The Morgan fingerprint density at radius 2 is 2.18 bits per heavy atom. The van der Waals surface area contributed by atoms with Crippen LogP contribution in [-0.2, 0) is 4.79 Å². The lowest BCUT2D eigenvalue weighted by Crippen LogP contribution is -2.11. The van der Waals surface area contributed by atoms with Crippen LogP contribution in [0.3, 0.4) is 0 Å². The Bertz CT molecular complexity index is 603. The lowest BCUT2D eigenvalue weighted by molar-refractivity contribution is -0.136. The summed E-state index contributed by atoms with van der Waals surface area (Å²) >= 11 is 0. The number of esters is 1. The highest BCUT2D eigenvalue weighted by atomic mass is 16.6. The molecule has 88 valence electrons. The van der Waals surface area contributed by atoms with Crippen LogP contribution in [0.1, 0.15) is 19.8 Å².